The molecule has 0 aliphatic heterocycles. The third-order valence-corrected chi connectivity index (χ3v) is 7.50. The Labute approximate surface area is 241 Å². The molecule has 1 aliphatic rings. The molecule has 0 aromatic heterocycles. The van der Waals surface area contributed by atoms with Gasteiger partial charge in [0.05, 0.1) is 27.4 Å². The molecule has 8 heteroatoms. The van der Waals surface area contributed by atoms with Crippen molar-refractivity contribution in [2.24, 2.45) is 0 Å². The minimum absolute atomic E-state index is 0.202. The molecule has 0 fully saturated rings. The predicted molar refractivity (Wildman–Crippen MR) is 156 cm³/mol. The number of fused-ring (bicyclic) bond motifs is 1. The van der Waals surface area contributed by atoms with E-state index in [4.69, 9.17) is 14.2 Å². The highest BCUT2D eigenvalue weighted by atomic mass is 16.5. The van der Waals surface area contributed by atoms with Gasteiger partial charge in [0.25, 0.3) is 5.91 Å². The SMILES string of the molecule is CCOC(=O)C1(NC(=O)CN(CCCc2ccccc2)C(=O)c2cc(OC)c(C)c(OC)c2)Cc2ccccc2C1. The van der Waals surface area contributed by atoms with Gasteiger partial charge in [-0.05, 0) is 55.5 Å². The summed E-state index contributed by atoms with van der Waals surface area (Å²) < 4.78 is 16.4. The first-order valence-corrected chi connectivity index (χ1v) is 13.9. The van der Waals surface area contributed by atoms with Crippen LogP contribution in [0, 0.1) is 6.92 Å². The van der Waals surface area contributed by atoms with E-state index in [-0.39, 0.29) is 19.1 Å². The van der Waals surface area contributed by atoms with E-state index in [1.54, 1.807) is 19.1 Å². The van der Waals surface area contributed by atoms with Gasteiger partial charge in [0.15, 0.2) is 0 Å². The van der Waals surface area contributed by atoms with Crippen molar-refractivity contribution in [3.63, 3.8) is 0 Å². The molecule has 1 aliphatic carbocycles. The van der Waals surface area contributed by atoms with E-state index in [2.05, 4.69) is 5.32 Å². The molecule has 0 spiro atoms. The molecule has 0 saturated carbocycles. The van der Waals surface area contributed by atoms with Crippen molar-refractivity contribution < 1.29 is 28.6 Å². The van der Waals surface area contributed by atoms with Gasteiger partial charge in [0, 0.05) is 30.5 Å². The molecule has 3 aromatic rings. The lowest BCUT2D eigenvalue weighted by Crippen LogP contribution is -2.58. The van der Waals surface area contributed by atoms with Crippen molar-refractivity contribution in [1.82, 2.24) is 10.2 Å². The van der Waals surface area contributed by atoms with Crippen molar-refractivity contribution in [1.29, 1.82) is 0 Å². The summed E-state index contributed by atoms with van der Waals surface area (Å²) in [6.07, 6.45) is 2.07. The number of nitrogens with zero attached hydrogens (tertiary/aromatic N) is 1. The molecular weight excluding hydrogens is 520 g/mol. The van der Waals surface area contributed by atoms with Gasteiger partial charge in [-0.1, -0.05) is 54.6 Å². The van der Waals surface area contributed by atoms with E-state index < -0.39 is 17.4 Å². The molecule has 0 saturated heterocycles. The third kappa shape index (κ3) is 6.88. The number of ether oxygens (including phenoxy) is 3. The molecule has 1 N–H and O–H groups in total. The number of amides is 2. The third-order valence-electron chi connectivity index (χ3n) is 7.50. The normalized spacial score (nSPS) is 13.2. The molecule has 0 heterocycles. The number of nitrogens with one attached hydrogen (secondary N) is 1. The van der Waals surface area contributed by atoms with E-state index >= 15 is 0 Å². The summed E-state index contributed by atoms with van der Waals surface area (Å²) in [6, 6.07) is 21.1. The lowest BCUT2D eigenvalue weighted by Gasteiger charge is -2.30. The highest BCUT2D eigenvalue weighted by Gasteiger charge is 2.46. The molecule has 4 rings (SSSR count). The Morgan fingerprint density at radius 2 is 1.49 bits per heavy atom. The Hall–Kier alpha value is -4.33. The molecule has 3 aromatic carbocycles. The van der Waals surface area contributed by atoms with Crippen LogP contribution < -0.4 is 14.8 Å². The lowest BCUT2D eigenvalue weighted by molar-refractivity contribution is -0.153. The summed E-state index contributed by atoms with van der Waals surface area (Å²) in [5.41, 5.74) is 3.05. The van der Waals surface area contributed by atoms with Crippen LogP contribution in [-0.2, 0) is 33.6 Å². The Morgan fingerprint density at radius 1 is 0.902 bits per heavy atom. The zero-order valence-electron chi connectivity index (χ0n) is 24.2. The van der Waals surface area contributed by atoms with Gasteiger partial charge in [0.2, 0.25) is 5.91 Å². The Balaban J connectivity index is 1.57. The fourth-order valence-corrected chi connectivity index (χ4v) is 5.41. The average Bonchev–Trinajstić information content (AvgIpc) is 3.36. The Kier molecular flexibility index (Phi) is 9.65. The zero-order chi connectivity index (χ0) is 29.4. The number of carbonyl (C=O) groups excluding carboxylic acids is 3. The maximum absolute atomic E-state index is 13.8. The highest BCUT2D eigenvalue weighted by molar-refractivity contribution is 5.98. The number of benzene rings is 3. The van der Waals surface area contributed by atoms with Gasteiger partial charge in [-0.2, -0.15) is 0 Å². The monoisotopic (exact) mass is 558 g/mol. The maximum atomic E-state index is 13.8. The first-order chi connectivity index (χ1) is 19.8. The van der Waals surface area contributed by atoms with Gasteiger partial charge in [-0.15, -0.1) is 0 Å². The average molecular weight is 559 g/mol. The van der Waals surface area contributed by atoms with Crippen LogP contribution in [0.15, 0.2) is 66.7 Å². The predicted octanol–water partition coefficient (Wildman–Crippen LogP) is 4.30. The molecule has 2 amide bonds. The first kappa shape index (κ1) is 29.6. The van der Waals surface area contributed by atoms with E-state index in [0.29, 0.717) is 42.9 Å². The second-order valence-electron chi connectivity index (χ2n) is 10.3. The molecule has 0 unspecified atom stereocenters. The van der Waals surface area contributed by atoms with E-state index in [9.17, 15) is 14.4 Å². The van der Waals surface area contributed by atoms with Gasteiger partial charge in [0.1, 0.15) is 17.0 Å². The number of carbonyl (C=O) groups is 3. The summed E-state index contributed by atoms with van der Waals surface area (Å²) in [6.45, 7) is 3.92. The van der Waals surface area contributed by atoms with Crippen LogP contribution in [0.2, 0.25) is 0 Å². The number of hydrogen-bond donors (Lipinski definition) is 1. The molecule has 216 valence electrons. The molecule has 41 heavy (non-hydrogen) atoms. The summed E-state index contributed by atoms with van der Waals surface area (Å²) in [5, 5.41) is 2.97. The quantitative estimate of drug-likeness (QED) is 0.333. The van der Waals surface area contributed by atoms with Crippen LogP contribution in [0.25, 0.3) is 0 Å². The second-order valence-corrected chi connectivity index (χ2v) is 10.3. The van der Waals surface area contributed by atoms with Gasteiger partial charge < -0.3 is 24.4 Å². The largest absolute Gasteiger partial charge is 0.496 e. The van der Waals surface area contributed by atoms with Crippen molar-refractivity contribution in [2.75, 3.05) is 33.9 Å². The lowest BCUT2D eigenvalue weighted by atomic mass is 9.95. The molecule has 0 radical (unpaired) electrons. The van der Waals surface area contributed by atoms with Crippen molar-refractivity contribution in [2.45, 2.75) is 45.1 Å². The highest BCUT2D eigenvalue weighted by Crippen LogP contribution is 2.32. The van der Waals surface area contributed by atoms with E-state index in [0.717, 1.165) is 28.7 Å². The number of hydrogen-bond acceptors (Lipinski definition) is 6. The zero-order valence-corrected chi connectivity index (χ0v) is 24.2. The second kappa shape index (κ2) is 13.4. The molecule has 0 atom stereocenters. The van der Waals surface area contributed by atoms with E-state index in [1.807, 2.05) is 61.5 Å². The summed E-state index contributed by atoms with van der Waals surface area (Å²) in [4.78, 5) is 42.1. The Bertz CT molecular complexity index is 1340. The van der Waals surface area contributed by atoms with Crippen LogP contribution in [0.3, 0.4) is 0 Å². The first-order valence-electron chi connectivity index (χ1n) is 13.9. The van der Waals surface area contributed by atoms with Gasteiger partial charge in [-0.25, -0.2) is 4.79 Å². The van der Waals surface area contributed by atoms with Crippen LogP contribution >= 0.6 is 0 Å². The standard InChI is InChI=1S/C33H38N2O6/c1-5-41-32(38)33(20-25-15-9-10-16-26(25)21-33)34-30(36)22-35(17-11-14-24-12-7-6-8-13-24)31(37)27-18-28(39-3)23(2)29(19-27)40-4/h6-10,12-13,15-16,18-19H,5,11,14,17,20-22H2,1-4H3,(H,34,36). The van der Waals surface area contributed by atoms with Gasteiger partial charge in [-0.3, -0.25) is 9.59 Å². The fourth-order valence-electron chi connectivity index (χ4n) is 5.41. The fraction of sp³-hybridized carbons (Fsp3) is 0.364. The van der Waals surface area contributed by atoms with Crippen LogP contribution in [0.4, 0.5) is 0 Å². The minimum atomic E-state index is -1.22. The smallest absolute Gasteiger partial charge is 0.332 e. The van der Waals surface area contributed by atoms with Crippen LogP contribution in [-0.4, -0.2) is 62.1 Å². The topological polar surface area (TPSA) is 94.2 Å². The number of rotatable bonds is 12. The molecular formula is C33H38N2O6. The minimum Gasteiger partial charge on any atom is -0.496 e. The van der Waals surface area contributed by atoms with Crippen molar-refractivity contribution in [3.05, 3.63) is 94.5 Å². The summed E-state index contributed by atoms with van der Waals surface area (Å²) >= 11 is 0. The maximum Gasteiger partial charge on any atom is 0.332 e. The van der Waals surface area contributed by atoms with Crippen molar-refractivity contribution in [3.8, 4) is 11.5 Å². The van der Waals surface area contributed by atoms with Crippen LogP contribution in [0.1, 0.15) is 46.0 Å². The van der Waals surface area contributed by atoms with E-state index in [1.165, 1.54) is 19.1 Å². The van der Waals surface area contributed by atoms with Gasteiger partial charge >= 0.3 is 5.97 Å². The van der Waals surface area contributed by atoms with Crippen molar-refractivity contribution >= 4 is 17.8 Å². The number of aryl methyl sites for hydroxylation is 1. The number of methoxy groups -OCH3 is 2. The molecule has 8 nitrogen and oxygen atoms in total. The Morgan fingerprint density at radius 3 is 2.05 bits per heavy atom. The van der Waals surface area contributed by atoms with Crippen LogP contribution in [0.5, 0.6) is 11.5 Å². The molecule has 0 bridgehead atoms. The number of esters is 1. The summed E-state index contributed by atoms with van der Waals surface area (Å²) in [7, 11) is 3.07. The summed E-state index contributed by atoms with van der Waals surface area (Å²) in [5.74, 6) is -0.188.